The van der Waals surface area contributed by atoms with Gasteiger partial charge in [0.25, 0.3) is 5.91 Å². The van der Waals surface area contributed by atoms with E-state index in [1.165, 1.54) is 0 Å². The SMILES string of the molecule is CCc1noc(C)c1C(=O)N1CCOC(CCc2cc(C)ncn2)C1. The number of hydrogen-bond donors (Lipinski definition) is 0. The fraction of sp³-hybridized carbons (Fsp3) is 0.556. The highest BCUT2D eigenvalue weighted by Crippen LogP contribution is 2.19. The standard InChI is InChI=1S/C18H24N4O3/c1-4-16-17(13(3)25-21-16)18(23)22-7-8-24-15(10-22)6-5-14-9-12(2)19-11-20-14/h9,11,15H,4-8,10H2,1-3H3. The van der Waals surface area contributed by atoms with E-state index in [1.807, 2.05) is 24.8 Å². The van der Waals surface area contributed by atoms with E-state index >= 15 is 0 Å². The molecule has 0 radical (unpaired) electrons. The zero-order valence-electron chi connectivity index (χ0n) is 15.0. The van der Waals surface area contributed by atoms with Crippen LogP contribution in [0.1, 0.15) is 46.5 Å². The molecule has 1 amide bonds. The van der Waals surface area contributed by atoms with Gasteiger partial charge < -0.3 is 14.2 Å². The van der Waals surface area contributed by atoms with Crippen molar-refractivity contribution in [2.45, 2.75) is 46.1 Å². The molecule has 0 aliphatic carbocycles. The molecule has 3 heterocycles. The third-order valence-corrected chi connectivity index (χ3v) is 4.49. The number of aryl methyl sites for hydroxylation is 4. The van der Waals surface area contributed by atoms with Crippen LogP contribution in [0.4, 0.5) is 0 Å². The van der Waals surface area contributed by atoms with E-state index in [9.17, 15) is 4.79 Å². The number of amides is 1. The van der Waals surface area contributed by atoms with Crippen molar-refractivity contribution < 1.29 is 14.1 Å². The normalized spacial score (nSPS) is 17.7. The lowest BCUT2D eigenvalue weighted by molar-refractivity contribution is -0.0247. The third-order valence-electron chi connectivity index (χ3n) is 4.49. The van der Waals surface area contributed by atoms with E-state index in [-0.39, 0.29) is 12.0 Å². The maximum Gasteiger partial charge on any atom is 0.259 e. The van der Waals surface area contributed by atoms with E-state index in [2.05, 4.69) is 15.1 Å². The van der Waals surface area contributed by atoms with Gasteiger partial charge in [-0.3, -0.25) is 4.79 Å². The number of nitrogens with zero attached hydrogens (tertiary/aromatic N) is 4. The van der Waals surface area contributed by atoms with Gasteiger partial charge in [-0.2, -0.15) is 0 Å². The van der Waals surface area contributed by atoms with Gasteiger partial charge in [0.15, 0.2) is 0 Å². The van der Waals surface area contributed by atoms with Gasteiger partial charge in [-0.25, -0.2) is 9.97 Å². The average Bonchev–Trinajstić information content (AvgIpc) is 3.00. The second-order valence-electron chi connectivity index (χ2n) is 6.35. The van der Waals surface area contributed by atoms with Crippen LogP contribution >= 0.6 is 0 Å². The molecule has 7 heteroatoms. The molecule has 2 aromatic rings. The second-order valence-corrected chi connectivity index (χ2v) is 6.35. The fourth-order valence-electron chi connectivity index (χ4n) is 3.13. The molecule has 2 aromatic heterocycles. The topological polar surface area (TPSA) is 81.4 Å². The Morgan fingerprint density at radius 1 is 1.36 bits per heavy atom. The number of aromatic nitrogens is 3. The highest BCUT2D eigenvalue weighted by atomic mass is 16.5. The molecule has 1 aliphatic heterocycles. The number of carbonyl (C=O) groups is 1. The predicted octanol–water partition coefficient (Wildman–Crippen LogP) is 2.12. The molecule has 1 atom stereocenters. The molecule has 1 saturated heterocycles. The van der Waals surface area contributed by atoms with Crippen molar-refractivity contribution in [3.05, 3.63) is 40.8 Å². The molecule has 0 aromatic carbocycles. The molecule has 1 unspecified atom stereocenters. The molecule has 0 bridgehead atoms. The number of morpholine rings is 1. The summed E-state index contributed by atoms with van der Waals surface area (Å²) in [5, 5.41) is 3.99. The summed E-state index contributed by atoms with van der Waals surface area (Å²) in [5.74, 6) is 0.572. The van der Waals surface area contributed by atoms with Crippen LogP contribution in [0.25, 0.3) is 0 Å². The number of rotatable bonds is 5. The van der Waals surface area contributed by atoms with Gasteiger partial charge >= 0.3 is 0 Å². The fourth-order valence-corrected chi connectivity index (χ4v) is 3.13. The Hall–Kier alpha value is -2.28. The summed E-state index contributed by atoms with van der Waals surface area (Å²) in [6.45, 7) is 7.43. The average molecular weight is 344 g/mol. The van der Waals surface area contributed by atoms with Crippen molar-refractivity contribution in [2.24, 2.45) is 0 Å². The van der Waals surface area contributed by atoms with Crippen molar-refractivity contribution in [3.8, 4) is 0 Å². The Kier molecular flexibility index (Phi) is 5.43. The van der Waals surface area contributed by atoms with E-state index < -0.39 is 0 Å². The molecule has 134 valence electrons. The number of hydrogen-bond acceptors (Lipinski definition) is 6. The van der Waals surface area contributed by atoms with Crippen LogP contribution in [0.15, 0.2) is 16.9 Å². The van der Waals surface area contributed by atoms with Gasteiger partial charge in [0.05, 0.1) is 18.4 Å². The number of carbonyl (C=O) groups excluding carboxylic acids is 1. The van der Waals surface area contributed by atoms with Crippen molar-refractivity contribution in [3.63, 3.8) is 0 Å². The maximum atomic E-state index is 12.9. The first kappa shape index (κ1) is 17.5. The summed E-state index contributed by atoms with van der Waals surface area (Å²) in [5.41, 5.74) is 3.29. The first-order chi connectivity index (χ1) is 12.1. The maximum absolute atomic E-state index is 12.9. The molecule has 7 nitrogen and oxygen atoms in total. The molecule has 1 aliphatic rings. The van der Waals surface area contributed by atoms with Crippen LogP contribution in [-0.2, 0) is 17.6 Å². The Bertz CT molecular complexity index is 744. The quantitative estimate of drug-likeness (QED) is 0.826. The molecule has 0 N–H and O–H groups in total. The number of ether oxygens (including phenoxy) is 1. The van der Waals surface area contributed by atoms with E-state index in [0.717, 1.165) is 29.9 Å². The molecular formula is C18H24N4O3. The zero-order valence-corrected chi connectivity index (χ0v) is 15.0. The van der Waals surface area contributed by atoms with Crippen LogP contribution in [0.3, 0.4) is 0 Å². The first-order valence-electron chi connectivity index (χ1n) is 8.72. The molecule has 0 saturated carbocycles. The van der Waals surface area contributed by atoms with Gasteiger partial charge in [0.2, 0.25) is 0 Å². The summed E-state index contributed by atoms with van der Waals surface area (Å²) >= 11 is 0. The Morgan fingerprint density at radius 2 is 2.20 bits per heavy atom. The highest BCUT2D eigenvalue weighted by Gasteiger charge is 2.29. The molecule has 0 spiro atoms. The minimum absolute atomic E-state index is 0.0122. The minimum Gasteiger partial charge on any atom is -0.375 e. The molecule has 3 rings (SSSR count). The first-order valence-corrected chi connectivity index (χ1v) is 8.72. The van der Waals surface area contributed by atoms with Crippen LogP contribution < -0.4 is 0 Å². The summed E-state index contributed by atoms with van der Waals surface area (Å²) in [7, 11) is 0. The second kappa shape index (κ2) is 7.74. The van der Waals surface area contributed by atoms with Gasteiger partial charge in [0.1, 0.15) is 17.7 Å². The minimum atomic E-state index is -0.0122. The van der Waals surface area contributed by atoms with Gasteiger partial charge in [-0.05, 0) is 39.2 Å². The van der Waals surface area contributed by atoms with E-state index in [0.29, 0.717) is 37.4 Å². The van der Waals surface area contributed by atoms with Gasteiger partial charge in [-0.15, -0.1) is 0 Å². The van der Waals surface area contributed by atoms with Gasteiger partial charge in [0, 0.05) is 24.5 Å². The lowest BCUT2D eigenvalue weighted by Crippen LogP contribution is -2.46. The van der Waals surface area contributed by atoms with Gasteiger partial charge in [-0.1, -0.05) is 12.1 Å². The smallest absolute Gasteiger partial charge is 0.259 e. The van der Waals surface area contributed by atoms with E-state index in [1.54, 1.807) is 13.3 Å². The third kappa shape index (κ3) is 4.04. The summed E-state index contributed by atoms with van der Waals surface area (Å²) in [6, 6.07) is 1.99. The summed E-state index contributed by atoms with van der Waals surface area (Å²) < 4.78 is 11.0. The molecular weight excluding hydrogens is 320 g/mol. The van der Waals surface area contributed by atoms with E-state index in [4.69, 9.17) is 9.26 Å². The van der Waals surface area contributed by atoms with Crippen molar-refractivity contribution in [1.29, 1.82) is 0 Å². The van der Waals surface area contributed by atoms with Crippen molar-refractivity contribution in [2.75, 3.05) is 19.7 Å². The van der Waals surface area contributed by atoms with Crippen LogP contribution in [-0.4, -0.2) is 51.7 Å². The van der Waals surface area contributed by atoms with Crippen molar-refractivity contribution >= 4 is 5.91 Å². The molecule has 25 heavy (non-hydrogen) atoms. The highest BCUT2D eigenvalue weighted by molar-refractivity contribution is 5.96. The largest absolute Gasteiger partial charge is 0.375 e. The van der Waals surface area contributed by atoms with Crippen LogP contribution in [0.5, 0.6) is 0 Å². The van der Waals surface area contributed by atoms with Crippen LogP contribution in [0.2, 0.25) is 0 Å². The molecule has 1 fully saturated rings. The Balaban J connectivity index is 1.62. The Morgan fingerprint density at radius 3 is 2.96 bits per heavy atom. The summed E-state index contributed by atoms with van der Waals surface area (Å²) in [6.07, 6.45) is 3.91. The van der Waals surface area contributed by atoms with Crippen molar-refractivity contribution in [1.82, 2.24) is 20.0 Å². The lowest BCUT2D eigenvalue weighted by atomic mass is 10.1. The zero-order chi connectivity index (χ0) is 17.8. The predicted molar refractivity (Wildman–Crippen MR) is 91.4 cm³/mol. The summed E-state index contributed by atoms with van der Waals surface area (Å²) in [4.78, 5) is 23.1. The monoisotopic (exact) mass is 344 g/mol. The Labute approximate surface area is 147 Å². The lowest BCUT2D eigenvalue weighted by Gasteiger charge is -2.33. The van der Waals surface area contributed by atoms with Crippen LogP contribution in [0, 0.1) is 13.8 Å².